The van der Waals surface area contributed by atoms with E-state index in [1.165, 1.54) is 10.4 Å². The van der Waals surface area contributed by atoms with E-state index in [1.54, 1.807) is 12.1 Å². The summed E-state index contributed by atoms with van der Waals surface area (Å²) >= 11 is 0. The number of phenols is 1. The van der Waals surface area contributed by atoms with Gasteiger partial charge in [0, 0.05) is 13.1 Å². The summed E-state index contributed by atoms with van der Waals surface area (Å²) in [4.78, 5) is 0. The Bertz CT molecular complexity index is 564. The van der Waals surface area contributed by atoms with Gasteiger partial charge in [-0.3, -0.25) is 4.72 Å². The Hall–Kier alpha value is -1.27. The lowest BCUT2D eigenvalue weighted by molar-refractivity contribution is 0.289. The van der Waals surface area contributed by atoms with Crippen molar-refractivity contribution in [3.8, 4) is 5.75 Å². The monoisotopic (exact) mass is 298 g/mol. The maximum atomic E-state index is 12.3. The minimum Gasteiger partial charge on any atom is -0.506 e. The molecule has 1 heterocycles. The predicted octanol–water partition coefficient (Wildman–Crippen LogP) is 2.34. The molecule has 1 aliphatic rings. The van der Waals surface area contributed by atoms with Crippen LogP contribution in [-0.2, 0) is 16.6 Å². The number of rotatable bonds is 4. The van der Waals surface area contributed by atoms with Crippen molar-refractivity contribution in [3.05, 3.63) is 23.8 Å². The van der Waals surface area contributed by atoms with Gasteiger partial charge in [-0.25, -0.2) is 0 Å². The molecule has 0 aromatic heterocycles. The van der Waals surface area contributed by atoms with Crippen LogP contribution in [0.5, 0.6) is 5.75 Å². The lowest BCUT2D eigenvalue weighted by atomic mass is 10.0. The van der Waals surface area contributed by atoms with E-state index in [0.29, 0.717) is 19.0 Å². The van der Waals surface area contributed by atoms with Crippen LogP contribution in [-0.4, -0.2) is 30.9 Å². The van der Waals surface area contributed by atoms with Crippen molar-refractivity contribution in [2.45, 2.75) is 33.1 Å². The van der Waals surface area contributed by atoms with Crippen LogP contribution in [0.4, 0.5) is 5.69 Å². The fourth-order valence-corrected chi connectivity index (χ4v) is 3.58. The first kappa shape index (κ1) is 15.1. The Kier molecular flexibility index (Phi) is 4.55. The SMILES string of the molecule is CCc1ccc(O)c(NS(=O)(=O)N2CCC(C)CC2)c1. The van der Waals surface area contributed by atoms with Gasteiger partial charge in [0.15, 0.2) is 0 Å². The Morgan fingerprint density at radius 2 is 2.00 bits per heavy atom. The van der Waals surface area contributed by atoms with Crippen LogP contribution >= 0.6 is 0 Å². The number of anilines is 1. The largest absolute Gasteiger partial charge is 0.506 e. The van der Waals surface area contributed by atoms with Gasteiger partial charge in [-0.15, -0.1) is 0 Å². The normalized spacial score (nSPS) is 18.1. The summed E-state index contributed by atoms with van der Waals surface area (Å²) in [5, 5.41) is 9.79. The Labute approximate surface area is 120 Å². The summed E-state index contributed by atoms with van der Waals surface area (Å²) in [6, 6.07) is 4.99. The molecule has 5 nitrogen and oxygen atoms in total. The van der Waals surface area contributed by atoms with Gasteiger partial charge in [-0.1, -0.05) is 19.9 Å². The molecule has 1 fully saturated rings. The third-order valence-corrected chi connectivity index (χ3v) is 5.31. The zero-order valence-electron chi connectivity index (χ0n) is 12.0. The fourth-order valence-electron chi connectivity index (χ4n) is 2.31. The lowest BCUT2D eigenvalue weighted by Gasteiger charge is -2.29. The molecular formula is C14H22N2O3S. The highest BCUT2D eigenvalue weighted by Gasteiger charge is 2.26. The van der Waals surface area contributed by atoms with E-state index < -0.39 is 10.2 Å². The average molecular weight is 298 g/mol. The van der Waals surface area contributed by atoms with E-state index in [2.05, 4.69) is 11.6 Å². The van der Waals surface area contributed by atoms with Gasteiger partial charge in [-0.2, -0.15) is 12.7 Å². The molecule has 6 heteroatoms. The first-order valence-electron chi connectivity index (χ1n) is 7.02. The number of benzene rings is 1. The summed E-state index contributed by atoms with van der Waals surface area (Å²) in [5.74, 6) is 0.523. The number of aromatic hydroxyl groups is 1. The second kappa shape index (κ2) is 6.01. The second-order valence-electron chi connectivity index (χ2n) is 5.39. The van der Waals surface area contributed by atoms with Crippen molar-refractivity contribution in [2.24, 2.45) is 5.92 Å². The van der Waals surface area contributed by atoms with Gasteiger partial charge in [0.1, 0.15) is 5.75 Å². The molecule has 2 N–H and O–H groups in total. The molecule has 0 bridgehead atoms. The number of nitrogens with zero attached hydrogens (tertiary/aromatic N) is 1. The molecule has 0 saturated carbocycles. The molecule has 1 aromatic rings. The van der Waals surface area contributed by atoms with E-state index in [0.717, 1.165) is 24.8 Å². The number of hydrogen-bond donors (Lipinski definition) is 2. The van der Waals surface area contributed by atoms with Crippen LogP contribution in [0.1, 0.15) is 32.3 Å². The minimum absolute atomic E-state index is 0.0452. The van der Waals surface area contributed by atoms with Gasteiger partial charge >= 0.3 is 10.2 Å². The highest BCUT2D eigenvalue weighted by atomic mass is 32.2. The second-order valence-corrected chi connectivity index (χ2v) is 7.06. The van der Waals surface area contributed by atoms with Crippen molar-refractivity contribution in [1.29, 1.82) is 0 Å². The van der Waals surface area contributed by atoms with Gasteiger partial charge in [0.25, 0.3) is 0 Å². The number of aryl methyl sites for hydroxylation is 1. The van der Waals surface area contributed by atoms with Gasteiger partial charge in [-0.05, 0) is 42.9 Å². The quantitative estimate of drug-likeness (QED) is 0.838. The van der Waals surface area contributed by atoms with E-state index >= 15 is 0 Å². The standard InChI is InChI=1S/C14H22N2O3S/c1-3-12-4-5-14(17)13(10-12)15-20(18,19)16-8-6-11(2)7-9-16/h4-5,10-11,15,17H,3,6-9H2,1-2H3. The molecule has 112 valence electrons. The van der Waals surface area contributed by atoms with E-state index in [1.807, 2.05) is 6.92 Å². The predicted molar refractivity (Wildman–Crippen MR) is 80.0 cm³/mol. The van der Waals surface area contributed by atoms with Crippen molar-refractivity contribution in [3.63, 3.8) is 0 Å². The van der Waals surface area contributed by atoms with Crippen molar-refractivity contribution >= 4 is 15.9 Å². The van der Waals surface area contributed by atoms with Gasteiger partial charge < -0.3 is 5.11 Å². The number of nitrogens with one attached hydrogen (secondary N) is 1. The van der Waals surface area contributed by atoms with Crippen molar-refractivity contribution in [2.75, 3.05) is 17.8 Å². The third-order valence-electron chi connectivity index (χ3n) is 3.79. The van der Waals surface area contributed by atoms with E-state index in [9.17, 15) is 13.5 Å². The maximum absolute atomic E-state index is 12.3. The first-order chi connectivity index (χ1) is 9.42. The lowest BCUT2D eigenvalue weighted by Crippen LogP contribution is -2.41. The van der Waals surface area contributed by atoms with Crippen LogP contribution in [0.15, 0.2) is 18.2 Å². The molecule has 20 heavy (non-hydrogen) atoms. The summed E-state index contributed by atoms with van der Waals surface area (Å²) in [7, 11) is -3.58. The topological polar surface area (TPSA) is 69.6 Å². The number of piperidine rings is 1. The van der Waals surface area contributed by atoms with Crippen LogP contribution < -0.4 is 4.72 Å². The summed E-state index contributed by atoms with van der Waals surface area (Å²) in [6.07, 6.45) is 2.54. The van der Waals surface area contributed by atoms with Crippen molar-refractivity contribution in [1.82, 2.24) is 4.31 Å². The van der Waals surface area contributed by atoms with Crippen LogP contribution in [0, 0.1) is 5.92 Å². The molecule has 1 aromatic carbocycles. The number of phenolic OH excluding ortho intramolecular Hbond substituents is 1. The maximum Gasteiger partial charge on any atom is 0.301 e. The highest BCUT2D eigenvalue weighted by Crippen LogP contribution is 2.27. The molecule has 0 aliphatic carbocycles. The first-order valence-corrected chi connectivity index (χ1v) is 8.46. The van der Waals surface area contributed by atoms with Crippen molar-refractivity contribution < 1.29 is 13.5 Å². The third kappa shape index (κ3) is 3.43. The number of hydrogen-bond acceptors (Lipinski definition) is 3. The minimum atomic E-state index is -3.58. The smallest absolute Gasteiger partial charge is 0.301 e. The summed E-state index contributed by atoms with van der Waals surface area (Å²) < 4.78 is 28.6. The van der Waals surface area contributed by atoms with Gasteiger partial charge in [0.2, 0.25) is 0 Å². The molecule has 1 aliphatic heterocycles. The summed E-state index contributed by atoms with van der Waals surface area (Å²) in [5.41, 5.74) is 1.23. The summed E-state index contributed by atoms with van der Waals surface area (Å²) in [6.45, 7) is 5.18. The highest BCUT2D eigenvalue weighted by molar-refractivity contribution is 7.90. The molecule has 2 rings (SSSR count). The molecule has 0 unspecified atom stereocenters. The Balaban J connectivity index is 2.16. The van der Waals surface area contributed by atoms with Crippen LogP contribution in [0.2, 0.25) is 0 Å². The molecule has 1 saturated heterocycles. The Morgan fingerprint density at radius 3 is 2.60 bits per heavy atom. The van der Waals surface area contributed by atoms with Crippen LogP contribution in [0.25, 0.3) is 0 Å². The molecule has 0 spiro atoms. The molecule has 0 radical (unpaired) electrons. The average Bonchev–Trinajstić information content (AvgIpc) is 2.41. The molecular weight excluding hydrogens is 276 g/mol. The van der Waals surface area contributed by atoms with Crippen LogP contribution in [0.3, 0.4) is 0 Å². The zero-order valence-corrected chi connectivity index (χ0v) is 12.8. The Morgan fingerprint density at radius 1 is 1.35 bits per heavy atom. The van der Waals surface area contributed by atoms with Gasteiger partial charge in [0.05, 0.1) is 5.69 Å². The molecule has 0 atom stereocenters. The van der Waals surface area contributed by atoms with E-state index in [-0.39, 0.29) is 11.4 Å². The van der Waals surface area contributed by atoms with E-state index in [4.69, 9.17) is 0 Å². The zero-order chi connectivity index (χ0) is 14.8. The molecule has 0 amide bonds. The fraction of sp³-hybridized carbons (Fsp3) is 0.571.